The molecule has 1 saturated carbocycles. The zero-order valence-electron chi connectivity index (χ0n) is 15.6. The Morgan fingerprint density at radius 2 is 1.81 bits per heavy atom. The molecule has 0 saturated heterocycles. The topological polar surface area (TPSA) is 104 Å². The molecular weight excluding hydrogens is 346 g/mol. The van der Waals surface area contributed by atoms with Gasteiger partial charge >= 0.3 is 0 Å². The third kappa shape index (κ3) is 5.84. The van der Waals surface area contributed by atoms with Crippen molar-refractivity contribution in [3.63, 3.8) is 0 Å². The van der Waals surface area contributed by atoms with Crippen molar-refractivity contribution in [2.24, 2.45) is 5.92 Å². The molecule has 6 heteroatoms. The third-order valence-corrected chi connectivity index (χ3v) is 4.99. The summed E-state index contributed by atoms with van der Waals surface area (Å²) in [4.78, 5) is 35.4. The molecule has 146 valence electrons. The van der Waals surface area contributed by atoms with Gasteiger partial charge in [0.05, 0.1) is 5.70 Å². The molecule has 0 unspecified atom stereocenters. The van der Waals surface area contributed by atoms with Crippen LogP contribution in [-0.4, -0.2) is 39.4 Å². The van der Waals surface area contributed by atoms with Gasteiger partial charge in [0.25, 0.3) is 0 Å². The molecule has 0 aliphatic heterocycles. The largest absolute Gasteiger partial charge is 0.389 e. The van der Waals surface area contributed by atoms with Crippen molar-refractivity contribution in [3.05, 3.63) is 48.2 Å². The maximum absolute atomic E-state index is 11.9. The molecule has 2 atom stereocenters. The molecule has 0 aromatic carbocycles. The van der Waals surface area contributed by atoms with Crippen LogP contribution in [0.2, 0.25) is 0 Å². The summed E-state index contributed by atoms with van der Waals surface area (Å²) in [6, 6.07) is 0. The third-order valence-electron chi connectivity index (χ3n) is 4.99. The summed E-state index contributed by atoms with van der Waals surface area (Å²) in [6.45, 7) is 1.11. The van der Waals surface area contributed by atoms with E-state index in [0.717, 1.165) is 13.0 Å². The van der Waals surface area contributed by atoms with Crippen LogP contribution in [0, 0.1) is 5.92 Å². The summed E-state index contributed by atoms with van der Waals surface area (Å²) >= 11 is 0. The van der Waals surface area contributed by atoms with Crippen LogP contribution in [0.1, 0.15) is 45.4 Å². The number of ketones is 2. The van der Waals surface area contributed by atoms with Gasteiger partial charge in [-0.3, -0.25) is 14.4 Å². The lowest BCUT2D eigenvalue weighted by molar-refractivity contribution is -0.144. The lowest BCUT2D eigenvalue weighted by Gasteiger charge is -2.31. The highest BCUT2D eigenvalue weighted by Gasteiger charge is 2.44. The Kier molecular flexibility index (Phi) is 7.45. The second kappa shape index (κ2) is 9.58. The van der Waals surface area contributed by atoms with Gasteiger partial charge in [0.2, 0.25) is 5.91 Å². The Morgan fingerprint density at radius 1 is 1.15 bits per heavy atom. The fourth-order valence-electron chi connectivity index (χ4n) is 3.27. The van der Waals surface area contributed by atoms with E-state index in [9.17, 15) is 24.6 Å². The minimum atomic E-state index is -2.16. The molecule has 0 bridgehead atoms. The van der Waals surface area contributed by atoms with Gasteiger partial charge in [-0.1, -0.05) is 49.6 Å². The molecule has 27 heavy (non-hydrogen) atoms. The first kappa shape index (κ1) is 21.0. The number of amides is 1. The molecule has 1 amide bonds. The van der Waals surface area contributed by atoms with E-state index in [-0.39, 0.29) is 5.70 Å². The predicted octanol–water partition coefficient (Wildman–Crippen LogP) is 1.89. The summed E-state index contributed by atoms with van der Waals surface area (Å²) in [5, 5.41) is 22.3. The molecule has 0 spiro atoms. The summed E-state index contributed by atoms with van der Waals surface area (Å²) in [5.41, 5.74) is -2.35. The van der Waals surface area contributed by atoms with Crippen LogP contribution in [0.25, 0.3) is 0 Å². The highest BCUT2D eigenvalue weighted by atomic mass is 16.3. The summed E-state index contributed by atoms with van der Waals surface area (Å²) < 4.78 is 0. The molecule has 0 heterocycles. The van der Waals surface area contributed by atoms with Crippen molar-refractivity contribution < 1.29 is 24.6 Å². The standard InChI is InChI=1S/C21H27NO5/c1-15(23)21(27)14-17(18(24)13-19(21)25)22-20(26)12-8-3-2-5-9-16-10-6-4-7-11-16/h2-3,5,8-9,12,14,16,19,25,27H,4,6-7,10-11,13H2,1H3,(H,22,26)/t19-,21-/m1/s1. The Bertz CT molecular complexity index is 697. The first-order valence-corrected chi connectivity index (χ1v) is 9.33. The van der Waals surface area contributed by atoms with Crippen molar-refractivity contribution in [2.45, 2.75) is 57.2 Å². The minimum absolute atomic E-state index is 0.186. The lowest BCUT2D eigenvalue weighted by atomic mass is 9.83. The maximum atomic E-state index is 11.9. The van der Waals surface area contributed by atoms with Gasteiger partial charge in [0, 0.05) is 12.5 Å². The highest BCUT2D eigenvalue weighted by Crippen LogP contribution is 2.25. The smallest absolute Gasteiger partial charge is 0.248 e. The van der Waals surface area contributed by atoms with Crippen molar-refractivity contribution in [3.8, 4) is 0 Å². The second-order valence-electron chi connectivity index (χ2n) is 7.10. The van der Waals surface area contributed by atoms with Gasteiger partial charge in [-0.25, -0.2) is 0 Å². The number of rotatable bonds is 6. The van der Waals surface area contributed by atoms with Crippen molar-refractivity contribution >= 4 is 17.5 Å². The Morgan fingerprint density at radius 3 is 2.48 bits per heavy atom. The van der Waals surface area contributed by atoms with Crippen LogP contribution in [0.5, 0.6) is 0 Å². The molecule has 2 aliphatic rings. The number of aliphatic hydroxyl groups is 2. The van der Waals surface area contributed by atoms with E-state index >= 15 is 0 Å². The normalized spacial score (nSPS) is 27.4. The van der Waals surface area contributed by atoms with Gasteiger partial charge in [-0.2, -0.15) is 0 Å². The van der Waals surface area contributed by atoms with Crippen LogP contribution in [0.3, 0.4) is 0 Å². The second-order valence-corrected chi connectivity index (χ2v) is 7.10. The quantitative estimate of drug-likeness (QED) is 0.487. The van der Waals surface area contributed by atoms with Crippen LogP contribution in [0.15, 0.2) is 48.2 Å². The number of allylic oxidation sites excluding steroid dienone is 6. The van der Waals surface area contributed by atoms with Gasteiger partial charge in [-0.15, -0.1) is 0 Å². The van der Waals surface area contributed by atoms with E-state index in [0.29, 0.717) is 5.92 Å². The lowest BCUT2D eigenvalue weighted by Crippen LogP contribution is -2.52. The first-order chi connectivity index (χ1) is 12.8. The SMILES string of the molecule is CC(=O)[C@]1(O)C=C(NC(=O)C=CC=CC=CC2CCCCC2)C(=O)C[C@H]1O. The van der Waals surface area contributed by atoms with Crippen LogP contribution in [-0.2, 0) is 14.4 Å². The van der Waals surface area contributed by atoms with E-state index < -0.39 is 35.6 Å². The molecule has 1 fully saturated rings. The average molecular weight is 373 g/mol. The van der Waals surface area contributed by atoms with Crippen molar-refractivity contribution in [1.29, 1.82) is 0 Å². The zero-order valence-corrected chi connectivity index (χ0v) is 15.6. The van der Waals surface area contributed by atoms with Gasteiger partial charge < -0.3 is 15.5 Å². The molecule has 0 aromatic heterocycles. The van der Waals surface area contributed by atoms with Crippen LogP contribution < -0.4 is 5.32 Å². The molecule has 2 aliphatic carbocycles. The molecule has 3 N–H and O–H groups in total. The molecular formula is C21H27NO5. The van der Waals surface area contributed by atoms with Crippen LogP contribution >= 0.6 is 0 Å². The number of hydrogen-bond acceptors (Lipinski definition) is 5. The maximum Gasteiger partial charge on any atom is 0.248 e. The zero-order chi connectivity index (χ0) is 19.9. The van der Waals surface area contributed by atoms with Gasteiger partial charge in [0.1, 0.15) is 6.10 Å². The monoisotopic (exact) mass is 373 g/mol. The van der Waals surface area contributed by atoms with Crippen molar-refractivity contribution in [1.82, 2.24) is 5.32 Å². The summed E-state index contributed by atoms with van der Waals surface area (Å²) in [6.07, 6.45) is 15.8. The van der Waals surface area contributed by atoms with E-state index in [1.165, 1.54) is 38.2 Å². The predicted molar refractivity (Wildman–Crippen MR) is 101 cm³/mol. The molecule has 0 aromatic rings. The van der Waals surface area contributed by atoms with E-state index in [1.807, 2.05) is 12.2 Å². The molecule has 2 rings (SSSR count). The number of hydrogen-bond donors (Lipinski definition) is 3. The Hall–Kier alpha value is -2.31. The molecule has 0 radical (unpaired) electrons. The van der Waals surface area contributed by atoms with E-state index in [1.54, 1.807) is 12.2 Å². The number of carbonyl (C=O) groups excluding carboxylic acids is 3. The first-order valence-electron chi connectivity index (χ1n) is 9.33. The number of Topliss-reactive ketones (excluding diaryl/α,β-unsaturated/α-hetero) is 2. The van der Waals surface area contributed by atoms with Crippen molar-refractivity contribution in [2.75, 3.05) is 0 Å². The minimum Gasteiger partial charge on any atom is -0.389 e. The highest BCUT2D eigenvalue weighted by molar-refractivity contribution is 6.04. The Balaban J connectivity index is 1.89. The Labute approximate surface area is 159 Å². The average Bonchev–Trinajstić information content (AvgIpc) is 2.63. The van der Waals surface area contributed by atoms with E-state index in [4.69, 9.17) is 0 Å². The fraction of sp³-hybridized carbons (Fsp3) is 0.476. The number of aliphatic hydroxyl groups excluding tert-OH is 1. The van der Waals surface area contributed by atoms with E-state index in [2.05, 4.69) is 11.4 Å². The fourth-order valence-corrected chi connectivity index (χ4v) is 3.27. The number of nitrogens with one attached hydrogen (secondary N) is 1. The summed E-state index contributed by atoms with van der Waals surface area (Å²) in [7, 11) is 0. The van der Waals surface area contributed by atoms with Gasteiger partial charge in [0.15, 0.2) is 17.2 Å². The summed E-state index contributed by atoms with van der Waals surface area (Å²) in [5.74, 6) is -1.16. The van der Waals surface area contributed by atoms with Crippen LogP contribution in [0.4, 0.5) is 0 Å². The molecule has 6 nitrogen and oxygen atoms in total. The number of carbonyl (C=O) groups is 3. The van der Waals surface area contributed by atoms with Gasteiger partial charge in [-0.05, 0) is 31.8 Å².